The highest BCUT2D eigenvalue weighted by Crippen LogP contribution is 2.31. The van der Waals surface area contributed by atoms with Crippen LogP contribution >= 0.6 is 0 Å². The number of carbonyl (C=O) groups is 2. The van der Waals surface area contributed by atoms with Gasteiger partial charge >= 0.3 is 5.97 Å². The number of hydrogen-bond donors (Lipinski definition) is 0. The number of nitrogens with zero attached hydrogens (tertiary/aromatic N) is 1. The highest BCUT2D eigenvalue weighted by Gasteiger charge is 2.30. The summed E-state index contributed by atoms with van der Waals surface area (Å²) in [5.74, 6) is -1.28. The minimum Gasteiger partial charge on any atom is -0.452 e. The van der Waals surface area contributed by atoms with E-state index < -0.39 is 5.97 Å². The zero-order valence-electron chi connectivity index (χ0n) is 13.8. The molecule has 1 heterocycles. The molecule has 0 aliphatic carbocycles. The molecule has 1 aliphatic heterocycles. The van der Waals surface area contributed by atoms with Crippen LogP contribution in [0.4, 0.5) is 10.1 Å². The lowest BCUT2D eigenvalue weighted by Gasteiger charge is -2.22. The second-order valence-electron chi connectivity index (χ2n) is 5.94. The molecule has 4 nitrogen and oxygen atoms in total. The second kappa shape index (κ2) is 7.30. The Morgan fingerprint density at radius 1 is 1.24 bits per heavy atom. The largest absolute Gasteiger partial charge is 0.452 e. The number of anilines is 1. The number of para-hydroxylation sites is 1. The van der Waals surface area contributed by atoms with Gasteiger partial charge in [-0.05, 0) is 48.7 Å². The fourth-order valence-corrected chi connectivity index (χ4v) is 2.97. The Balaban J connectivity index is 1.58. The summed E-state index contributed by atoms with van der Waals surface area (Å²) >= 11 is 0. The van der Waals surface area contributed by atoms with Crippen LogP contribution in [0.1, 0.15) is 18.1 Å². The van der Waals surface area contributed by atoms with Crippen molar-refractivity contribution < 1.29 is 18.7 Å². The predicted octanol–water partition coefficient (Wildman–Crippen LogP) is 3.36. The van der Waals surface area contributed by atoms with Crippen LogP contribution < -0.4 is 4.90 Å². The van der Waals surface area contributed by atoms with Crippen LogP contribution in [0.5, 0.6) is 0 Å². The van der Waals surface area contributed by atoms with Crippen molar-refractivity contribution in [2.45, 2.75) is 19.4 Å². The van der Waals surface area contributed by atoms with E-state index in [1.54, 1.807) is 17.0 Å². The number of halogens is 1. The van der Waals surface area contributed by atoms with E-state index in [1.807, 2.05) is 31.2 Å². The van der Waals surface area contributed by atoms with Crippen molar-refractivity contribution in [3.8, 4) is 0 Å². The molecule has 5 heteroatoms. The van der Waals surface area contributed by atoms with Gasteiger partial charge in [0.2, 0.25) is 0 Å². The van der Waals surface area contributed by atoms with Crippen LogP contribution in [-0.4, -0.2) is 24.5 Å². The summed E-state index contributed by atoms with van der Waals surface area (Å²) in [6.45, 7) is 1.63. The first kappa shape index (κ1) is 16.9. The zero-order valence-corrected chi connectivity index (χ0v) is 13.8. The summed E-state index contributed by atoms with van der Waals surface area (Å²) in [4.78, 5) is 25.9. The molecule has 0 aromatic heterocycles. The van der Waals surface area contributed by atoms with Gasteiger partial charge in [0.05, 0.1) is 0 Å². The molecule has 0 N–H and O–H groups in total. The van der Waals surface area contributed by atoms with Crippen LogP contribution in [0.3, 0.4) is 0 Å². The van der Waals surface area contributed by atoms with Crippen molar-refractivity contribution in [1.29, 1.82) is 0 Å². The van der Waals surface area contributed by atoms with E-state index in [4.69, 9.17) is 4.74 Å². The van der Waals surface area contributed by atoms with Crippen molar-refractivity contribution in [3.05, 3.63) is 71.6 Å². The van der Waals surface area contributed by atoms with E-state index in [1.165, 1.54) is 24.3 Å². The van der Waals surface area contributed by atoms with Crippen molar-refractivity contribution >= 4 is 23.6 Å². The maximum absolute atomic E-state index is 13.1. The number of rotatable bonds is 4. The number of carbonyl (C=O) groups excluding carboxylic acids is 2. The molecule has 3 rings (SSSR count). The molecule has 0 radical (unpaired) electrons. The first-order valence-electron chi connectivity index (χ1n) is 8.05. The molecule has 0 unspecified atom stereocenters. The summed E-state index contributed by atoms with van der Waals surface area (Å²) < 4.78 is 18.1. The first-order valence-corrected chi connectivity index (χ1v) is 8.05. The average molecular weight is 339 g/mol. The summed E-state index contributed by atoms with van der Waals surface area (Å²) in [7, 11) is 0. The molecular weight excluding hydrogens is 321 g/mol. The standard InChI is InChI=1S/C20H18FNO3/c1-14-11-16-6-2-3-8-18(16)22(14)19(23)13-25-20(24)10-9-15-5-4-7-17(21)12-15/h2-10,12,14H,11,13H2,1H3/b10-9+/t14-/m0/s1. The highest BCUT2D eigenvalue weighted by atomic mass is 19.1. The van der Waals surface area contributed by atoms with Gasteiger partial charge in [-0.2, -0.15) is 0 Å². The van der Waals surface area contributed by atoms with Gasteiger partial charge in [0.1, 0.15) is 5.82 Å². The van der Waals surface area contributed by atoms with Gasteiger partial charge in [-0.25, -0.2) is 9.18 Å². The minimum atomic E-state index is -0.641. The lowest BCUT2D eigenvalue weighted by molar-refractivity contribution is -0.143. The number of fused-ring (bicyclic) bond motifs is 1. The Hall–Kier alpha value is -2.95. The van der Waals surface area contributed by atoms with Gasteiger partial charge < -0.3 is 9.64 Å². The second-order valence-corrected chi connectivity index (χ2v) is 5.94. The van der Waals surface area contributed by atoms with Gasteiger partial charge in [0, 0.05) is 17.8 Å². The van der Waals surface area contributed by atoms with Crippen molar-refractivity contribution in [2.75, 3.05) is 11.5 Å². The fourth-order valence-electron chi connectivity index (χ4n) is 2.97. The van der Waals surface area contributed by atoms with Crippen molar-refractivity contribution in [2.24, 2.45) is 0 Å². The molecule has 25 heavy (non-hydrogen) atoms. The van der Waals surface area contributed by atoms with E-state index in [0.29, 0.717) is 5.56 Å². The Labute approximate surface area is 145 Å². The van der Waals surface area contributed by atoms with Gasteiger partial charge in [-0.3, -0.25) is 4.79 Å². The van der Waals surface area contributed by atoms with Crippen LogP contribution in [-0.2, 0) is 20.7 Å². The van der Waals surface area contributed by atoms with E-state index in [9.17, 15) is 14.0 Å². The Kier molecular flexibility index (Phi) is 4.93. The van der Waals surface area contributed by atoms with Gasteiger partial charge in [-0.15, -0.1) is 0 Å². The van der Waals surface area contributed by atoms with Crippen LogP contribution in [0.25, 0.3) is 6.08 Å². The topological polar surface area (TPSA) is 46.6 Å². The lowest BCUT2D eigenvalue weighted by atomic mass is 10.1. The molecule has 2 aromatic rings. The molecule has 1 aliphatic rings. The SMILES string of the molecule is C[C@H]1Cc2ccccc2N1C(=O)COC(=O)/C=C/c1cccc(F)c1. The third-order valence-corrected chi connectivity index (χ3v) is 4.07. The van der Waals surface area contributed by atoms with Crippen LogP contribution in [0.15, 0.2) is 54.6 Å². The van der Waals surface area contributed by atoms with Crippen LogP contribution in [0, 0.1) is 5.82 Å². The number of benzene rings is 2. The van der Waals surface area contributed by atoms with E-state index >= 15 is 0 Å². The van der Waals surface area contributed by atoms with E-state index in [-0.39, 0.29) is 24.4 Å². The first-order chi connectivity index (χ1) is 12.0. The quantitative estimate of drug-likeness (QED) is 0.634. The minimum absolute atomic E-state index is 0.0337. The highest BCUT2D eigenvalue weighted by molar-refractivity contribution is 5.98. The summed E-state index contributed by atoms with van der Waals surface area (Å²) in [6.07, 6.45) is 3.42. The molecule has 0 spiro atoms. The van der Waals surface area contributed by atoms with Gasteiger partial charge in [0.25, 0.3) is 5.91 Å². The van der Waals surface area contributed by atoms with Crippen molar-refractivity contribution in [1.82, 2.24) is 0 Å². The predicted molar refractivity (Wildman–Crippen MR) is 93.5 cm³/mol. The monoisotopic (exact) mass is 339 g/mol. The molecule has 0 saturated carbocycles. The molecule has 0 saturated heterocycles. The summed E-state index contributed by atoms with van der Waals surface area (Å²) in [6, 6.07) is 13.6. The Morgan fingerprint density at radius 3 is 2.84 bits per heavy atom. The molecule has 1 atom stereocenters. The number of amides is 1. The Bertz CT molecular complexity index is 831. The van der Waals surface area contributed by atoms with E-state index in [2.05, 4.69) is 0 Å². The van der Waals surface area contributed by atoms with Crippen molar-refractivity contribution in [3.63, 3.8) is 0 Å². The molecule has 2 aromatic carbocycles. The number of hydrogen-bond acceptors (Lipinski definition) is 3. The molecule has 1 amide bonds. The van der Waals surface area contributed by atoms with Gasteiger partial charge in [0.15, 0.2) is 6.61 Å². The van der Waals surface area contributed by atoms with Gasteiger partial charge in [-0.1, -0.05) is 30.3 Å². The fraction of sp³-hybridized carbons (Fsp3) is 0.200. The molecule has 0 bridgehead atoms. The molecule has 0 fully saturated rings. The molecule has 128 valence electrons. The number of ether oxygens (including phenoxy) is 1. The maximum Gasteiger partial charge on any atom is 0.331 e. The van der Waals surface area contributed by atoms with Crippen LogP contribution in [0.2, 0.25) is 0 Å². The number of esters is 1. The lowest BCUT2D eigenvalue weighted by Crippen LogP contribution is -2.38. The molecular formula is C20H18FNO3. The zero-order chi connectivity index (χ0) is 17.8. The summed E-state index contributed by atoms with van der Waals surface area (Å²) in [5.41, 5.74) is 2.53. The summed E-state index contributed by atoms with van der Waals surface area (Å²) in [5, 5.41) is 0. The Morgan fingerprint density at radius 2 is 2.04 bits per heavy atom. The third-order valence-electron chi connectivity index (χ3n) is 4.07. The normalized spacial score (nSPS) is 16.1. The average Bonchev–Trinajstić information content (AvgIpc) is 2.93. The van der Waals surface area contributed by atoms with E-state index in [0.717, 1.165) is 17.7 Å². The smallest absolute Gasteiger partial charge is 0.331 e. The maximum atomic E-state index is 13.1. The third kappa shape index (κ3) is 3.94.